The van der Waals surface area contributed by atoms with Gasteiger partial charge in [-0.05, 0) is 44.2 Å². The summed E-state index contributed by atoms with van der Waals surface area (Å²) in [5.41, 5.74) is 3.85. The van der Waals surface area contributed by atoms with Gasteiger partial charge in [-0.3, -0.25) is 0 Å². The van der Waals surface area contributed by atoms with Crippen molar-refractivity contribution in [2.75, 3.05) is 31.6 Å². The van der Waals surface area contributed by atoms with E-state index in [1.807, 2.05) is 0 Å². The summed E-state index contributed by atoms with van der Waals surface area (Å²) in [5.74, 6) is 0. The predicted molar refractivity (Wildman–Crippen MR) is 74.8 cm³/mol. The molecule has 1 aliphatic heterocycles. The molecule has 96 valence electrons. The molecule has 0 amide bonds. The monoisotopic (exact) mass is 243 g/mol. The van der Waals surface area contributed by atoms with E-state index < -0.39 is 0 Å². The molecule has 1 saturated heterocycles. The topological polar surface area (TPSA) is 30.3 Å². The summed E-state index contributed by atoms with van der Waals surface area (Å²) < 4.78 is 0. The molecule has 1 unspecified atom stereocenters. The van der Waals surface area contributed by atoms with Gasteiger partial charge in [0.15, 0.2) is 0 Å². The quantitative estimate of drug-likeness (QED) is 0.798. The molecule has 2 rings (SSSR count). The van der Waals surface area contributed by atoms with Gasteiger partial charge in [-0.2, -0.15) is 5.26 Å². The van der Waals surface area contributed by atoms with E-state index in [0.29, 0.717) is 12.5 Å². The molecule has 1 fully saturated rings. The van der Waals surface area contributed by atoms with E-state index in [4.69, 9.17) is 5.26 Å². The van der Waals surface area contributed by atoms with E-state index in [1.54, 1.807) is 0 Å². The summed E-state index contributed by atoms with van der Waals surface area (Å²) >= 11 is 0. The molecule has 3 nitrogen and oxygen atoms in total. The van der Waals surface area contributed by atoms with Crippen LogP contribution in [0.1, 0.15) is 17.5 Å². The van der Waals surface area contributed by atoms with Crippen molar-refractivity contribution in [3.8, 4) is 6.07 Å². The van der Waals surface area contributed by atoms with Crippen molar-refractivity contribution < 1.29 is 0 Å². The molecule has 0 saturated carbocycles. The number of nitrogens with zero attached hydrogens (tertiary/aromatic N) is 3. The lowest BCUT2D eigenvalue weighted by atomic mass is 10.1. The fourth-order valence-electron chi connectivity index (χ4n) is 2.75. The lowest BCUT2D eigenvalue weighted by Gasteiger charge is -2.41. The van der Waals surface area contributed by atoms with E-state index in [2.05, 4.69) is 55.0 Å². The second-order valence-corrected chi connectivity index (χ2v) is 5.32. The Balaban J connectivity index is 2.26. The normalized spacial score (nSPS) is 20.8. The zero-order valence-corrected chi connectivity index (χ0v) is 11.5. The molecule has 3 heteroatoms. The van der Waals surface area contributed by atoms with Gasteiger partial charge in [-0.15, -0.1) is 0 Å². The highest BCUT2D eigenvalue weighted by Crippen LogP contribution is 2.24. The summed E-state index contributed by atoms with van der Waals surface area (Å²) in [5, 5.41) is 8.98. The van der Waals surface area contributed by atoms with Crippen LogP contribution in [0, 0.1) is 25.2 Å². The maximum atomic E-state index is 8.98. The summed E-state index contributed by atoms with van der Waals surface area (Å²) in [4.78, 5) is 4.70. The third-order valence-corrected chi connectivity index (χ3v) is 3.55. The van der Waals surface area contributed by atoms with Crippen LogP contribution in [0.2, 0.25) is 0 Å². The van der Waals surface area contributed by atoms with Crippen molar-refractivity contribution >= 4 is 5.69 Å². The van der Waals surface area contributed by atoms with Gasteiger partial charge in [-0.1, -0.05) is 6.07 Å². The first-order chi connectivity index (χ1) is 8.60. The Morgan fingerprint density at radius 2 is 1.89 bits per heavy atom. The molecule has 0 aromatic heterocycles. The molecule has 1 aromatic carbocycles. The molecule has 0 radical (unpaired) electrons. The third-order valence-electron chi connectivity index (χ3n) is 3.55. The van der Waals surface area contributed by atoms with Gasteiger partial charge < -0.3 is 9.80 Å². The molecular formula is C15H21N3. The van der Waals surface area contributed by atoms with E-state index in [-0.39, 0.29) is 0 Å². The third kappa shape index (κ3) is 2.83. The number of hydrogen-bond donors (Lipinski definition) is 0. The first kappa shape index (κ1) is 12.9. The first-order valence-electron chi connectivity index (χ1n) is 6.50. The van der Waals surface area contributed by atoms with Crippen molar-refractivity contribution in [1.82, 2.24) is 4.90 Å². The highest BCUT2D eigenvalue weighted by molar-refractivity contribution is 5.52. The number of likely N-dealkylation sites (N-methyl/N-ethyl adjacent to an activating group) is 1. The number of aryl methyl sites for hydroxylation is 2. The Bertz CT molecular complexity index is 441. The average Bonchev–Trinajstić information content (AvgIpc) is 2.28. The molecule has 1 aliphatic rings. The van der Waals surface area contributed by atoms with Gasteiger partial charge >= 0.3 is 0 Å². The average molecular weight is 243 g/mol. The SMILES string of the molecule is Cc1cc(C)cc(N2CCN(C)CC2CC#N)c1. The van der Waals surface area contributed by atoms with Crippen LogP contribution in [0.25, 0.3) is 0 Å². The molecular weight excluding hydrogens is 222 g/mol. The number of anilines is 1. The van der Waals surface area contributed by atoms with Crippen LogP contribution in [0.4, 0.5) is 5.69 Å². The van der Waals surface area contributed by atoms with Crippen molar-refractivity contribution in [1.29, 1.82) is 5.26 Å². The van der Waals surface area contributed by atoms with E-state index in [1.165, 1.54) is 16.8 Å². The van der Waals surface area contributed by atoms with Crippen molar-refractivity contribution in [3.63, 3.8) is 0 Å². The minimum atomic E-state index is 0.315. The van der Waals surface area contributed by atoms with Crippen LogP contribution in [0.5, 0.6) is 0 Å². The van der Waals surface area contributed by atoms with Gasteiger partial charge in [0.1, 0.15) is 0 Å². The van der Waals surface area contributed by atoms with Gasteiger partial charge in [-0.25, -0.2) is 0 Å². The van der Waals surface area contributed by atoms with Crippen LogP contribution in [0.3, 0.4) is 0 Å². The molecule has 1 atom stereocenters. The smallest absolute Gasteiger partial charge is 0.0643 e. The molecule has 18 heavy (non-hydrogen) atoms. The van der Waals surface area contributed by atoms with Crippen LogP contribution in [-0.4, -0.2) is 37.6 Å². The highest BCUT2D eigenvalue weighted by atomic mass is 15.3. The summed E-state index contributed by atoms with van der Waals surface area (Å²) in [6.45, 7) is 7.30. The summed E-state index contributed by atoms with van der Waals surface area (Å²) in [6, 6.07) is 9.28. The van der Waals surface area contributed by atoms with Crippen molar-refractivity contribution in [2.45, 2.75) is 26.3 Å². The van der Waals surface area contributed by atoms with Crippen LogP contribution in [0.15, 0.2) is 18.2 Å². The van der Waals surface area contributed by atoms with Crippen molar-refractivity contribution in [3.05, 3.63) is 29.3 Å². The Labute approximate surface area is 110 Å². The Hall–Kier alpha value is -1.53. The fraction of sp³-hybridized carbons (Fsp3) is 0.533. The van der Waals surface area contributed by atoms with Crippen LogP contribution in [-0.2, 0) is 0 Å². The van der Waals surface area contributed by atoms with E-state index >= 15 is 0 Å². The Morgan fingerprint density at radius 3 is 2.50 bits per heavy atom. The number of piperazine rings is 1. The number of rotatable bonds is 2. The second kappa shape index (κ2) is 5.41. The van der Waals surface area contributed by atoms with E-state index in [9.17, 15) is 0 Å². The maximum absolute atomic E-state index is 8.98. The van der Waals surface area contributed by atoms with E-state index in [0.717, 1.165) is 19.6 Å². The molecule has 0 bridgehead atoms. The predicted octanol–water partition coefficient (Wildman–Crippen LogP) is 2.34. The molecule has 0 N–H and O–H groups in total. The first-order valence-corrected chi connectivity index (χ1v) is 6.50. The molecule has 0 spiro atoms. The maximum Gasteiger partial charge on any atom is 0.0643 e. The summed E-state index contributed by atoms with van der Waals surface area (Å²) in [7, 11) is 2.13. The van der Waals surface area contributed by atoms with Crippen molar-refractivity contribution in [2.24, 2.45) is 0 Å². The molecule has 1 aromatic rings. The number of benzene rings is 1. The second-order valence-electron chi connectivity index (χ2n) is 5.32. The van der Waals surface area contributed by atoms with Crippen LogP contribution < -0.4 is 4.90 Å². The van der Waals surface area contributed by atoms with Gasteiger partial charge in [0.25, 0.3) is 0 Å². The minimum Gasteiger partial charge on any atom is -0.365 e. The Kier molecular flexibility index (Phi) is 3.88. The fourth-order valence-corrected chi connectivity index (χ4v) is 2.75. The summed E-state index contributed by atoms with van der Waals surface area (Å²) in [6.07, 6.45) is 0.595. The molecule has 0 aliphatic carbocycles. The lowest BCUT2D eigenvalue weighted by molar-refractivity contribution is 0.268. The zero-order chi connectivity index (χ0) is 13.1. The standard InChI is InChI=1S/C15H21N3/c1-12-8-13(2)10-15(9-12)18-7-6-17(3)11-14(18)4-5-16/h8-10,14H,4,6-7,11H2,1-3H3. The largest absolute Gasteiger partial charge is 0.365 e. The molecule has 1 heterocycles. The zero-order valence-electron chi connectivity index (χ0n) is 11.5. The van der Waals surface area contributed by atoms with Crippen LogP contribution >= 0.6 is 0 Å². The van der Waals surface area contributed by atoms with Gasteiger partial charge in [0.05, 0.1) is 18.5 Å². The number of hydrogen-bond acceptors (Lipinski definition) is 3. The van der Waals surface area contributed by atoms with Gasteiger partial charge in [0.2, 0.25) is 0 Å². The number of nitriles is 1. The van der Waals surface area contributed by atoms with Gasteiger partial charge in [0, 0.05) is 25.3 Å². The Morgan fingerprint density at radius 1 is 1.22 bits per heavy atom. The minimum absolute atomic E-state index is 0.315. The lowest BCUT2D eigenvalue weighted by Crippen LogP contribution is -2.51. The highest BCUT2D eigenvalue weighted by Gasteiger charge is 2.25.